The number of ether oxygens (including phenoxy) is 1. The molecule has 0 aliphatic carbocycles. The summed E-state index contributed by atoms with van der Waals surface area (Å²) in [7, 11) is 1.61. The first-order chi connectivity index (χ1) is 16.0. The zero-order chi connectivity index (χ0) is 23.1. The zero-order valence-electron chi connectivity index (χ0n) is 18.1. The van der Waals surface area contributed by atoms with Crippen molar-refractivity contribution in [3.05, 3.63) is 101 Å². The molecule has 1 aliphatic heterocycles. The number of carbonyl (C=O) groups is 2. The van der Waals surface area contributed by atoms with Crippen molar-refractivity contribution in [2.75, 3.05) is 12.0 Å². The van der Waals surface area contributed by atoms with E-state index in [2.05, 4.69) is 10.2 Å². The minimum absolute atomic E-state index is 0.159. The Labute approximate surface area is 190 Å². The molecule has 0 bridgehead atoms. The summed E-state index contributed by atoms with van der Waals surface area (Å²) in [6, 6.07) is 21.4. The second-order valence-corrected chi connectivity index (χ2v) is 7.93. The maximum absolute atomic E-state index is 13.5. The Morgan fingerprint density at radius 3 is 2.27 bits per heavy atom. The van der Waals surface area contributed by atoms with Crippen LogP contribution in [0.2, 0.25) is 0 Å². The number of amides is 1. The average molecular weight is 439 g/mol. The first-order valence-electron chi connectivity index (χ1n) is 10.4. The number of aromatic nitrogens is 2. The third kappa shape index (κ3) is 3.43. The van der Waals surface area contributed by atoms with Gasteiger partial charge in [0.1, 0.15) is 11.4 Å². The van der Waals surface area contributed by atoms with Crippen molar-refractivity contribution in [2.45, 2.75) is 13.0 Å². The van der Waals surface area contributed by atoms with Gasteiger partial charge in [-0.15, -0.1) is 0 Å². The van der Waals surface area contributed by atoms with Gasteiger partial charge in [0.15, 0.2) is 0 Å². The van der Waals surface area contributed by atoms with Gasteiger partial charge in [-0.1, -0.05) is 42.0 Å². The summed E-state index contributed by atoms with van der Waals surface area (Å²) in [5, 5.41) is 16.7. The number of hydrogen-bond donors (Lipinski definition) is 2. The molecule has 33 heavy (non-hydrogen) atoms. The van der Waals surface area contributed by atoms with Gasteiger partial charge in [0.25, 0.3) is 5.91 Å². The number of fused-ring (bicyclic) bond motifs is 1. The number of carboxylic acid groups (broad SMARTS) is 1. The fourth-order valence-electron chi connectivity index (χ4n) is 4.21. The molecule has 7 heteroatoms. The molecule has 1 aliphatic rings. The maximum Gasteiger partial charge on any atom is 0.335 e. The number of carboxylic acids is 1. The predicted octanol–water partition coefficient (Wildman–Crippen LogP) is 4.84. The number of carbonyl (C=O) groups excluding carboxylic acids is 1. The lowest BCUT2D eigenvalue weighted by atomic mass is 9.95. The van der Waals surface area contributed by atoms with Gasteiger partial charge >= 0.3 is 5.97 Å². The first kappa shape index (κ1) is 20.5. The third-order valence-corrected chi connectivity index (χ3v) is 5.92. The van der Waals surface area contributed by atoms with E-state index < -0.39 is 12.0 Å². The van der Waals surface area contributed by atoms with Crippen molar-refractivity contribution in [3.63, 3.8) is 0 Å². The van der Waals surface area contributed by atoms with Crippen LogP contribution in [-0.4, -0.2) is 34.3 Å². The van der Waals surface area contributed by atoms with Gasteiger partial charge in [-0.25, -0.2) is 4.79 Å². The molecule has 5 rings (SSSR count). The van der Waals surface area contributed by atoms with Crippen molar-refractivity contribution in [1.29, 1.82) is 0 Å². The number of anilines is 1. The van der Waals surface area contributed by atoms with Gasteiger partial charge in [0, 0.05) is 16.8 Å². The summed E-state index contributed by atoms with van der Waals surface area (Å²) in [6.45, 7) is 2.02. The number of H-pyrrole nitrogens is 1. The fraction of sp³-hybridized carbons (Fsp3) is 0.115. The molecule has 4 aromatic rings. The van der Waals surface area contributed by atoms with E-state index in [0.717, 1.165) is 22.3 Å². The molecular weight excluding hydrogens is 418 g/mol. The van der Waals surface area contributed by atoms with Crippen LogP contribution in [0.4, 0.5) is 5.69 Å². The number of benzene rings is 3. The topological polar surface area (TPSA) is 95.5 Å². The Balaban J connectivity index is 1.67. The number of aromatic amines is 1. The smallest absolute Gasteiger partial charge is 0.335 e. The van der Waals surface area contributed by atoms with Gasteiger partial charge in [-0.2, -0.15) is 5.10 Å². The minimum atomic E-state index is -1.02. The highest BCUT2D eigenvalue weighted by Gasteiger charge is 2.43. The number of aryl methyl sites for hydroxylation is 1. The highest BCUT2D eigenvalue weighted by molar-refractivity contribution is 6.11. The Morgan fingerprint density at radius 2 is 1.67 bits per heavy atom. The normalized spacial score (nSPS) is 14.9. The number of nitrogens with one attached hydrogen (secondary N) is 1. The van der Waals surface area contributed by atoms with Crippen LogP contribution in [-0.2, 0) is 0 Å². The van der Waals surface area contributed by atoms with Crippen LogP contribution in [0.5, 0.6) is 5.75 Å². The highest BCUT2D eigenvalue weighted by atomic mass is 16.5. The van der Waals surface area contributed by atoms with Gasteiger partial charge in [0.2, 0.25) is 0 Å². The van der Waals surface area contributed by atoms with Gasteiger partial charge < -0.3 is 9.84 Å². The summed E-state index contributed by atoms with van der Waals surface area (Å²) in [4.78, 5) is 26.5. The summed E-state index contributed by atoms with van der Waals surface area (Å²) in [5.74, 6) is -0.525. The Bertz CT molecular complexity index is 1340. The number of methoxy groups -OCH3 is 1. The molecule has 3 aromatic carbocycles. The van der Waals surface area contributed by atoms with Crippen molar-refractivity contribution >= 4 is 17.6 Å². The fourth-order valence-corrected chi connectivity index (χ4v) is 4.21. The molecule has 0 unspecified atom stereocenters. The number of aromatic carboxylic acids is 1. The molecular formula is C26H21N3O4. The SMILES string of the molecule is COc1ccc([C@H]2c3c(-c4ccc(C)cc4)n[nH]c3C(=O)N2c2ccc(C(=O)O)cc2)cc1. The molecule has 1 amide bonds. The first-order valence-corrected chi connectivity index (χ1v) is 10.4. The van der Waals surface area contributed by atoms with E-state index in [4.69, 9.17) is 4.74 Å². The molecule has 1 aromatic heterocycles. The standard InChI is InChI=1S/C26H21N3O4/c1-15-3-5-16(6-4-15)22-21-23(28-27-22)25(30)29(19-11-7-18(8-12-19)26(31)32)24(21)17-9-13-20(33-2)14-10-17/h3-14,24H,1-2H3,(H,27,28)(H,31,32)/t24-/m0/s1. The summed E-state index contributed by atoms with van der Waals surface area (Å²) in [6.07, 6.45) is 0. The molecule has 0 saturated carbocycles. The van der Waals surface area contributed by atoms with Crippen LogP contribution in [0.25, 0.3) is 11.3 Å². The Morgan fingerprint density at radius 1 is 1.00 bits per heavy atom. The van der Waals surface area contributed by atoms with E-state index in [1.807, 2.05) is 55.5 Å². The van der Waals surface area contributed by atoms with Gasteiger partial charge in [-0.3, -0.25) is 14.8 Å². The molecule has 2 N–H and O–H groups in total. The van der Waals surface area contributed by atoms with E-state index in [0.29, 0.717) is 22.8 Å². The molecule has 2 heterocycles. The van der Waals surface area contributed by atoms with Crippen LogP contribution in [0.3, 0.4) is 0 Å². The quantitative estimate of drug-likeness (QED) is 0.464. The summed E-state index contributed by atoms with van der Waals surface area (Å²) < 4.78 is 5.30. The minimum Gasteiger partial charge on any atom is -0.497 e. The molecule has 0 saturated heterocycles. The summed E-state index contributed by atoms with van der Waals surface area (Å²) in [5.41, 5.74) is 5.62. The number of nitrogens with zero attached hydrogens (tertiary/aromatic N) is 2. The molecule has 1 atom stereocenters. The van der Waals surface area contributed by atoms with Gasteiger partial charge in [-0.05, 0) is 48.9 Å². The highest BCUT2D eigenvalue weighted by Crippen LogP contribution is 2.45. The monoisotopic (exact) mass is 439 g/mol. The predicted molar refractivity (Wildman–Crippen MR) is 124 cm³/mol. The van der Waals surface area contributed by atoms with Crippen molar-refractivity contribution in [3.8, 4) is 17.0 Å². The average Bonchev–Trinajstić information content (AvgIpc) is 3.39. The van der Waals surface area contributed by atoms with Crippen LogP contribution in [0.15, 0.2) is 72.8 Å². The number of rotatable bonds is 5. The van der Waals surface area contributed by atoms with E-state index >= 15 is 0 Å². The second-order valence-electron chi connectivity index (χ2n) is 7.93. The van der Waals surface area contributed by atoms with E-state index in [9.17, 15) is 14.7 Å². The zero-order valence-corrected chi connectivity index (χ0v) is 18.1. The lowest BCUT2D eigenvalue weighted by Gasteiger charge is -2.26. The van der Waals surface area contributed by atoms with Crippen LogP contribution >= 0.6 is 0 Å². The molecule has 164 valence electrons. The largest absolute Gasteiger partial charge is 0.497 e. The Hall–Kier alpha value is -4.39. The molecule has 0 spiro atoms. The van der Waals surface area contributed by atoms with Crippen molar-refractivity contribution < 1.29 is 19.4 Å². The lowest BCUT2D eigenvalue weighted by Crippen LogP contribution is -2.29. The van der Waals surface area contributed by atoms with Crippen LogP contribution < -0.4 is 9.64 Å². The van der Waals surface area contributed by atoms with Crippen LogP contribution in [0, 0.1) is 6.92 Å². The number of hydrogen-bond acceptors (Lipinski definition) is 4. The molecule has 7 nitrogen and oxygen atoms in total. The molecule has 0 radical (unpaired) electrons. The molecule has 0 fully saturated rings. The van der Waals surface area contributed by atoms with Crippen LogP contribution in [0.1, 0.15) is 43.6 Å². The van der Waals surface area contributed by atoms with E-state index in [1.165, 1.54) is 12.1 Å². The van der Waals surface area contributed by atoms with Crippen molar-refractivity contribution in [1.82, 2.24) is 10.2 Å². The van der Waals surface area contributed by atoms with Crippen molar-refractivity contribution in [2.24, 2.45) is 0 Å². The van der Waals surface area contributed by atoms with E-state index in [1.54, 1.807) is 24.1 Å². The van der Waals surface area contributed by atoms with Gasteiger partial charge in [0.05, 0.1) is 24.4 Å². The summed E-state index contributed by atoms with van der Waals surface area (Å²) >= 11 is 0. The lowest BCUT2D eigenvalue weighted by molar-refractivity contribution is 0.0696. The second kappa shape index (κ2) is 7.94. The van der Waals surface area contributed by atoms with E-state index in [-0.39, 0.29) is 11.5 Å². The maximum atomic E-state index is 13.5. The third-order valence-electron chi connectivity index (χ3n) is 5.92. The Kier molecular flexibility index (Phi) is 4.94.